The zero-order valence-corrected chi connectivity index (χ0v) is 10.6. The summed E-state index contributed by atoms with van der Waals surface area (Å²) in [5.41, 5.74) is 1.14. The number of hydrogen-bond acceptors (Lipinski definition) is 4. The van der Waals surface area contributed by atoms with Gasteiger partial charge in [0.25, 0.3) is 0 Å². The average Bonchev–Trinajstić information content (AvgIpc) is 3.23. The summed E-state index contributed by atoms with van der Waals surface area (Å²) >= 11 is 0. The number of benzene rings is 1. The van der Waals surface area contributed by atoms with Gasteiger partial charge in [0.15, 0.2) is 11.5 Å². The molecular weight excluding hydrogens is 228 g/mol. The lowest BCUT2D eigenvalue weighted by Gasteiger charge is -2.29. The molecule has 3 rings (SSSR count). The Labute approximate surface area is 108 Å². The Morgan fingerprint density at radius 1 is 1.28 bits per heavy atom. The van der Waals surface area contributed by atoms with Crippen molar-refractivity contribution in [1.29, 1.82) is 0 Å². The summed E-state index contributed by atoms with van der Waals surface area (Å²) in [6.45, 7) is 4.77. The summed E-state index contributed by atoms with van der Waals surface area (Å²) in [6, 6.07) is 5.66. The number of phenols is 1. The largest absolute Gasteiger partial charge is 0.504 e. The molecule has 1 aliphatic carbocycles. The Kier molecular flexibility index (Phi) is 3.28. The molecular formula is C14H20N2O2. The molecule has 98 valence electrons. The Morgan fingerprint density at radius 3 is 2.78 bits per heavy atom. The Balaban J connectivity index is 1.71. The minimum Gasteiger partial charge on any atom is -0.504 e. The standard InChI is InChI=1S/C14H20N2O2/c17-13-4-3-12(16-7-5-15-6-8-16)9-14(13)18-10-11-1-2-11/h3-4,9,11,15,17H,1-2,5-8,10H2. The van der Waals surface area contributed by atoms with E-state index in [0.29, 0.717) is 11.7 Å². The third kappa shape index (κ3) is 2.70. The van der Waals surface area contributed by atoms with Gasteiger partial charge < -0.3 is 20.1 Å². The van der Waals surface area contributed by atoms with Gasteiger partial charge in [-0.05, 0) is 30.9 Å². The molecule has 0 unspecified atom stereocenters. The van der Waals surface area contributed by atoms with E-state index < -0.39 is 0 Å². The van der Waals surface area contributed by atoms with Gasteiger partial charge in [-0.15, -0.1) is 0 Å². The topological polar surface area (TPSA) is 44.7 Å². The van der Waals surface area contributed by atoms with E-state index in [4.69, 9.17) is 4.74 Å². The maximum Gasteiger partial charge on any atom is 0.162 e. The molecule has 1 heterocycles. The van der Waals surface area contributed by atoms with Crippen LogP contribution >= 0.6 is 0 Å². The lowest BCUT2D eigenvalue weighted by Crippen LogP contribution is -2.43. The summed E-state index contributed by atoms with van der Waals surface area (Å²) in [5.74, 6) is 1.57. The van der Waals surface area contributed by atoms with Crippen molar-refractivity contribution < 1.29 is 9.84 Å². The van der Waals surface area contributed by atoms with E-state index in [1.165, 1.54) is 12.8 Å². The molecule has 0 bridgehead atoms. The Bertz CT molecular complexity index is 412. The highest BCUT2D eigenvalue weighted by molar-refractivity contribution is 5.56. The number of anilines is 1. The summed E-state index contributed by atoms with van der Waals surface area (Å²) in [4.78, 5) is 2.32. The fraction of sp³-hybridized carbons (Fsp3) is 0.571. The lowest BCUT2D eigenvalue weighted by atomic mass is 10.2. The number of nitrogens with one attached hydrogen (secondary N) is 1. The summed E-state index contributed by atoms with van der Waals surface area (Å²) in [6.07, 6.45) is 2.52. The van der Waals surface area contributed by atoms with Crippen molar-refractivity contribution in [1.82, 2.24) is 5.32 Å². The minimum atomic E-state index is 0.245. The summed E-state index contributed by atoms with van der Waals surface area (Å²) in [7, 11) is 0. The zero-order valence-electron chi connectivity index (χ0n) is 10.6. The second kappa shape index (κ2) is 5.06. The normalized spacial score (nSPS) is 19.9. The van der Waals surface area contributed by atoms with Crippen LogP contribution in [0.15, 0.2) is 18.2 Å². The maximum atomic E-state index is 9.81. The summed E-state index contributed by atoms with van der Waals surface area (Å²) < 4.78 is 5.70. The van der Waals surface area contributed by atoms with Gasteiger partial charge in [0.1, 0.15) is 0 Å². The van der Waals surface area contributed by atoms with Gasteiger partial charge in [-0.25, -0.2) is 0 Å². The fourth-order valence-corrected chi connectivity index (χ4v) is 2.23. The molecule has 2 fully saturated rings. The molecule has 0 radical (unpaired) electrons. The van der Waals surface area contributed by atoms with Crippen molar-refractivity contribution in [3.05, 3.63) is 18.2 Å². The SMILES string of the molecule is Oc1ccc(N2CCNCC2)cc1OCC1CC1. The molecule has 1 saturated heterocycles. The molecule has 4 nitrogen and oxygen atoms in total. The van der Waals surface area contributed by atoms with Gasteiger partial charge in [0.2, 0.25) is 0 Å². The van der Waals surface area contributed by atoms with Crippen LogP contribution in [0, 0.1) is 5.92 Å². The maximum absolute atomic E-state index is 9.81. The predicted molar refractivity (Wildman–Crippen MR) is 71.4 cm³/mol. The molecule has 0 spiro atoms. The number of piperazine rings is 1. The quantitative estimate of drug-likeness (QED) is 0.849. The van der Waals surface area contributed by atoms with E-state index in [1.807, 2.05) is 12.1 Å². The number of phenolic OH excluding ortho intramolecular Hbond substituents is 1. The van der Waals surface area contributed by atoms with Crippen LogP contribution in [0.5, 0.6) is 11.5 Å². The molecule has 18 heavy (non-hydrogen) atoms. The molecule has 0 aromatic heterocycles. The average molecular weight is 248 g/mol. The van der Waals surface area contributed by atoms with Crippen LogP contribution in [0.2, 0.25) is 0 Å². The van der Waals surface area contributed by atoms with Gasteiger partial charge in [0, 0.05) is 37.9 Å². The van der Waals surface area contributed by atoms with Crippen LogP contribution in [0.1, 0.15) is 12.8 Å². The molecule has 4 heteroatoms. The van der Waals surface area contributed by atoms with E-state index >= 15 is 0 Å². The van der Waals surface area contributed by atoms with Gasteiger partial charge >= 0.3 is 0 Å². The van der Waals surface area contributed by atoms with E-state index in [0.717, 1.165) is 38.5 Å². The third-order valence-corrected chi connectivity index (χ3v) is 3.60. The van der Waals surface area contributed by atoms with E-state index in [2.05, 4.69) is 10.2 Å². The van der Waals surface area contributed by atoms with Crippen LogP contribution in [0.3, 0.4) is 0 Å². The summed E-state index contributed by atoms with van der Waals surface area (Å²) in [5, 5.41) is 13.1. The molecule has 2 N–H and O–H groups in total. The van der Waals surface area contributed by atoms with Crippen LogP contribution in [0.4, 0.5) is 5.69 Å². The lowest BCUT2D eigenvalue weighted by molar-refractivity contribution is 0.284. The number of aromatic hydroxyl groups is 1. The molecule has 1 aromatic carbocycles. The van der Waals surface area contributed by atoms with Crippen LogP contribution in [0.25, 0.3) is 0 Å². The van der Waals surface area contributed by atoms with E-state index in [-0.39, 0.29) is 5.75 Å². The fourth-order valence-electron chi connectivity index (χ4n) is 2.23. The van der Waals surface area contributed by atoms with Gasteiger partial charge in [-0.2, -0.15) is 0 Å². The monoisotopic (exact) mass is 248 g/mol. The van der Waals surface area contributed by atoms with Crippen molar-refractivity contribution in [3.8, 4) is 11.5 Å². The smallest absolute Gasteiger partial charge is 0.162 e. The van der Waals surface area contributed by atoms with Crippen molar-refractivity contribution in [2.24, 2.45) is 5.92 Å². The first-order valence-corrected chi connectivity index (χ1v) is 6.74. The van der Waals surface area contributed by atoms with Crippen molar-refractivity contribution >= 4 is 5.69 Å². The highest BCUT2D eigenvalue weighted by Crippen LogP contribution is 2.34. The van der Waals surface area contributed by atoms with E-state index in [9.17, 15) is 5.11 Å². The molecule has 1 aliphatic heterocycles. The van der Waals surface area contributed by atoms with Crippen molar-refractivity contribution in [3.63, 3.8) is 0 Å². The highest BCUT2D eigenvalue weighted by atomic mass is 16.5. The van der Waals surface area contributed by atoms with E-state index in [1.54, 1.807) is 6.07 Å². The van der Waals surface area contributed by atoms with Gasteiger partial charge in [-0.3, -0.25) is 0 Å². The third-order valence-electron chi connectivity index (χ3n) is 3.60. The van der Waals surface area contributed by atoms with Crippen molar-refractivity contribution in [2.45, 2.75) is 12.8 Å². The number of rotatable bonds is 4. The number of nitrogens with zero attached hydrogens (tertiary/aromatic N) is 1. The first-order chi connectivity index (χ1) is 8.83. The highest BCUT2D eigenvalue weighted by Gasteiger charge is 2.22. The van der Waals surface area contributed by atoms with Crippen LogP contribution < -0.4 is 15.0 Å². The number of ether oxygens (including phenoxy) is 1. The Hall–Kier alpha value is -1.42. The molecule has 1 aromatic rings. The minimum absolute atomic E-state index is 0.245. The second-order valence-corrected chi connectivity index (χ2v) is 5.14. The molecule has 0 amide bonds. The first kappa shape index (κ1) is 11.7. The predicted octanol–water partition coefficient (Wildman–Crippen LogP) is 1.59. The number of hydrogen-bond donors (Lipinski definition) is 2. The van der Waals surface area contributed by atoms with Gasteiger partial charge in [0.05, 0.1) is 6.61 Å². The molecule has 1 saturated carbocycles. The molecule has 0 atom stereocenters. The van der Waals surface area contributed by atoms with Gasteiger partial charge in [-0.1, -0.05) is 0 Å². The first-order valence-electron chi connectivity index (χ1n) is 6.74. The van der Waals surface area contributed by atoms with Crippen LogP contribution in [-0.2, 0) is 0 Å². The van der Waals surface area contributed by atoms with Crippen LogP contribution in [-0.4, -0.2) is 37.9 Å². The zero-order chi connectivity index (χ0) is 12.4. The Morgan fingerprint density at radius 2 is 2.06 bits per heavy atom. The van der Waals surface area contributed by atoms with Crippen molar-refractivity contribution in [2.75, 3.05) is 37.7 Å². The second-order valence-electron chi connectivity index (χ2n) is 5.14. The molecule has 2 aliphatic rings.